The third-order valence-electron chi connectivity index (χ3n) is 6.63. The summed E-state index contributed by atoms with van der Waals surface area (Å²) < 4.78 is 5.64. The molecule has 2 aromatic rings. The second kappa shape index (κ2) is 7.56. The number of rotatable bonds is 3. The quantitative estimate of drug-likeness (QED) is 0.493. The van der Waals surface area contributed by atoms with E-state index in [1.807, 2.05) is 12.2 Å². The number of nitrogens with zero attached hydrogens (tertiary/aromatic N) is 3. The minimum Gasteiger partial charge on any atom is -0.403 e. The van der Waals surface area contributed by atoms with Gasteiger partial charge >= 0.3 is 6.01 Å². The lowest BCUT2D eigenvalue weighted by Crippen LogP contribution is -2.30. The molecule has 3 aliphatic carbocycles. The Balaban J connectivity index is 1.24. The molecule has 1 unspecified atom stereocenters. The van der Waals surface area contributed by atoms with Crippen molar-refractivity contribution in [2.75, 3.05) is 4.90 Å². The summed E-state index contributed by atoms with van der Waals surface area (Å²) in [5, 5.41) is 8.28. The molecule has 1 aliphatic heterocycles. The van der Waals surface area contributed by atoms with E-state index in [-0.39, 0.29) is 29.9 Å². The summed E-state index contributed by atoms with van der Waals surface area (Å²) in [6, 6.07) is 6.69. The molecule has 0 bridgehead atoms. The third kappa shape index (κ3) is 3.06. The van der Waals surface area contributed by atoms with Gasteiger partial charge in [0.1, 0.15) is 0 Å². The van der Waals surface area contributed by atoms with Crippen LogP contribution >= 0.6 is 11.6 Å². The number of fused-ring (bicyclic) bond motifs is 1. The van der Waals surface area contributed by atoms with E-state index in [1.54, 1.807) is 30.3 Å². The second-order valence-electron chi connectivity index (χ2n) is 8.51. The fourth-order valence-electron chi connectivity index (χ4n) is 4.87. The largest absolute Gasteiger partial charge is 0.403 e. The Morgan fingerprint density at radius 2 is 1.74 bits per heavy atom. The molecular weight excluding hydrogens is 458 g/mol. The van der Waals surface area contributed by atoms with Crippen molar-refractivity contribution in [2.45, 2.75) is 25.7 Å². The van der Waals surface area contributed by atoms with Crippen LogP contribution in [-0.4, -0.2) is 33.6 Å². The maximum atomic E-state index is 13.2. The summed E-state index contributed by atoms with van der Waals surface area (Å²) in [7, 11) is 0. The van der Waals surface area contributed by atoms with Gasteiger partial charge in [0.05, 0.1) is 22.9 Å². The lowest BCUT2D eigenvalue weighted by atomic mass is 9.81. The summed E-state index contributed by atoms with van der Waals surface area (Å²) in [5.41, 5.74) is 3.82. The van der Waals surface area contributed by atoms with Crippen molar-refractivity contribution in [1.29, 1.82) is 0 Å². The van der Waals surface area contributed by atoms with E-state index in [0.717, 1.165) is 16.0 Å². The topological polar surface area (TPSA) is 110 Å². The van der Waals surface area contributed by atoms with Crippen LogP contribution in [0.25, 0.3) is 11.5 Å². The first-order chi connectivity index (χ1) is 16.4. The number of hydrogen-bond donors (Lipinski definition) is 0. The third-order valence-corrected chi connectivity index (χ3v) is 6.96. The molecule has 4 aliphatic rings. The molecule has 0 saturated carbocycles. The fraction of sp³-hybridized carbons (Fsp3) is 0.200. The Kier molecular flexibility index (Phi) is 4.60. The number of imide groups is 1. The smallest absolute Gasteiger partial charge is 0.332 e. The molecule has 0 radical (unpaired) electrons. The number of anilines is 1. The van der Waals surface area contributed by atoms with Gasteiger partial charge in [-0.15, -0.1) is 5.10 Å². The first-order valence-corrected chi connectivity index (χ1v) is 11.2. The zero-order valence-corrected chi connectivity index (χ0v) is 18.5. The monoisotopic (exact) mass is 473 g/mol. The second-order valence-corrected chi connectivity index (χ2v) is 8.92. The molecule has 0 N–H and O–H groups in total. The van der Waals surface area contributed by atoms with Crippen molar-refractivity contribution in [3.8, 4) is 11.5 Å². The molecular formula is C25H16ClN3O5. The Hall–Kier alpha value is -3.91. The highest BCUT2D eigenvalue weighted by atomic mass is 35.5. The minimum atomic E-state index is -0.680. The predicted octanol–water partition coefficient (Wildman–Crippen LogP) is 3.69. The van der Waals surface area contributed by atoms with E-state index in [4.69, 9.17) is 16.0 Å². The van der Waals surface area contributed by atoms with Crippen LogP contribution in [0.2, 0.25) is 5.02 Å². The number of allylic oxidation sites excluding steroid dienone is 7. The molecule has 8 nitrogen and oxygen atoms in total. The molecule has 1 saturated heterocycles. The lowest BCUT2D eigenvalue weighted by molar-refractivity contribution is -0.123. The van der Waals surface area contributed by atoms with Gasteiger partial charge in [0.25, 0.3) is 11.8 Å². The predicted molar refractivity (Wildman–Crippen MR) is 120 cm³/mol. The first kappa shape index (κ1) is 20.7. The van der Waals surface area contributed by atoms with E-state index < -0.39 is 17.7 Å². The van der Waals surface area contributed by atoms with Crippen LogP contribution in [0.15, 0.2) is 74.8 Å². The van der Waals surface area contributed by atoms with Gasteiger partial charge in [-0.1, -0.05) is 47.1 Å². The molecule has 34 heavy (non-hydrogen) atoms. The molecule has 1 fully saturated rings. The molecule has 1 aromatic carbocycles. The van der Waals surface area contributed by atoms with E-state index in [1.165, 1.54) is 0 Å². The number of ketones is 2. The SMILES string of the molecule is O=C1CC(=O)C2=C1CC=C(C1=CC=C3C(=O)N(c4nnc(-c5ccccc5Cl)o4)C(=O)C3C1)C2. The van der Waals surface area contributed by atoms with Crippen LogP contribution in [0.3, 0.4) is 0 Å². The van der Waals surface area contributed by atoms with Crippen molar-refractivity contribution >= 4 is 41.0 Å². The number of carbonyl (C=O) groups excluding carboxylic acids is 4. The number of Topliss-reactive ketones (excluding diaryl/α,β-unsaturated/α-hetero) is 2. The Labute approximate surface area is 198 Å². The number of benzene rings is 1. The highest BCUT2D eigenvalue weighted by molar-refractivity contribution is 6.33. The van der Waals surface area contributed by atoms with Crippen LogP contribution in [0.4, 0.5) is 6.01 Å². The number of halogens is 1. The van der Waals surface area contributed by atoms with Gasteiger partial charge in [0.15, 0.2) is 11.6 Å². The summed E-state index contributed by atoms with van der Waals surface area (Å²) in [6.45, 7) is 0. The molecule has 168 valence electrons. The zero-order chi connectivity index (χ0) is 23.6. The van der Waals surface area contributed by atoms with Crippen LogP contribution < -0.4 is 4.90 Å². The van der Waals surface area contributed by atoms with Crippen molar-refractivity contribution in [3.63, 3.8) is 0 Å². The van der Waals surface area contributed by atoms with Gasteiger partial charge in [-0.05, 0) is 36.1 Å². The highest BCUT2D eigenvalue weighted by Gasteiger charge is 2.48. The van der Waals surface area contributed by atoms with Crippen molar-refractivity contribution in [2.24, 2.45) is 5.92 Å². The van der Waals surface area contributed by atoms with Crippen LogP contribution in [-0.2, 0) is 19.2 Å². The summed E-state index contributed by atoms with van der Waals surface area (Å²) >= 11 is 6.19. The van der Waals surface area contributed by atoms with Gasteiger partial charge < -0.3 is 4.42 Å². The molecule has 2 heterocycles. The zero-order valence-electron chi connectivity index (χ0n) is 17.7. The van der Waals surface area contributed by atoms with Crippen LogP contribution in [0.5, 0.6) is 0 Å². The van der Waals surface area contributed by atoms with Gasteiger partial charge in [-0.25, -0.2) is 0 Å². The number of aromatic nitrogens is 2. The standard InChI is InChI=1S/C25H16ClN3O5/c26-19-4-2-1-3-16(19)22-27-28-25(34-22)29-23(32)15-8-6-13(10-18(15)24(29)33)12-5-7-14-17(9-12)21(31)11-20(14)30/h1-6,8,18H,7,9-11H2. The van der Waals surface area contributed by atoms with Crippen LogP contribution in [0, 0.1) is 5.92 Å². The summed E-state index contributed by atoms with van der Waals surface area (Å²) in [6.07, 6.45) is 6.43. The number of hydrogen-bond acceptors (Lipinski definition) is 7. The Bertz CT molecular complexity index is 1460. The lowest BCUT2D eigenvalue weighted by Gasteiger charge is -2.21. The summed E-state index contributed by atoms with van der Waals surface area (Å²) in [4.78, 5) is 51.3. The molecule has 0 spiro atoms. The molecule has 2 amide bonds. The average Bonchev–Trinajstić information content (AvgIpc) is 3.49. The first-order valence-electron chi connectivity index (χ1n) is 10.8. The van der Waals surface area contributed by atoms with E-state index >= 15 is 0 Å². The normalized spacial score (nSPS) is 22.1. The van der Waals surface area contributed by atoms with Gasteiger partial charge in [0.2, 0.25) is 5.91 Å². The van der Waals surface area contributed by atoms with Gasteiger partial charge in [-0.2, -0.15) is 4.90 Å². The van der Waals surface area contributed by atoms with Gasteiger partial charge in [-0.3, -0.25) is 19.2 Å². The Morgan fingerprint density at radius 3 is 2.56 bits per heavy atom. The van der Waals surface area contributed by atoms with E-state index in [2.05, 4.69) is 10.2 Å². The maximum absolute atomic E-state index is 13.2. The van der Waals surface area contributed by atoms with Crippen molar-refractivity contribution in [3.05, 3.63) is 75.4 Å². The molecule has 1 atom stereocenters. The summed E-state index contributed by atoms with van der Waals surface area (Å²) in [5.74, 6) is -1.74. The van der Waals surface area contributed by atoms with Crippen molar-refractivity contribution in [1.82, 2.24) is 10.2 Å². The van der Waals surface area contributed by atoms with Gasteiger partial charge in [0, 0.05) is 23.1 Å². The highest BCUT2D eigenvalue weighted by Crippen LogP contribution is 2.42. The molecule has 1 aromatic heterocycles. The minimum absolute atomic E-state index is 0.0557. The van der Waals surface area contributed by atoms with Crippen LogP contribution in [0.1, 0.15) is 25.7 Å². The molecule has 9 heteroatoms. The fourth-order valence-corrected chi connectivity index (χ4v) is 5.09. The van der Waals surface area contributed by atoms with E-state index in [9.17, 15) is 19.2 Å². The average molecular weight is 474 g/mol. The maximum Gasteiger partial charge on any atom is 0.332 e. The number of carbonyl (C=O) groups is 4. The number of amides is 2. The van der Waals surface area contributed by atoms with Crippen molar-refractivity contribution < 1.29 is 23.6 Å². The Morgan fingerprint density at radius 1 is 0.941 bits per heavy atom. The molecule has 6 rings (SSSR count). The van der Waals surface area contributed by atoms with E-state index in [0.29, 0.717) is 46.6 Å².